The second-order valence-corrected chi connectivity index (χ2v) is 9.54. The Morgan fingerprint density at radius 1 is 0.947 bits per heavy atom. The number of carbonyl (C=O) groups excluding carboxylic acids is 1. The van der Waals surface area contributed by atoms with Gasteiger partial charge in [-0.05, 0) is 73.5 Å². The average molecular weight is 504 g/mol. The van der Waals surface area contributed by atoms with E-state index in [-0.39, 0.29) is 12.1 Å². The average Bonchev–Trinajstić information content (AvgIpc) is 3.49. The molecule has 6 rings (SSSR count). The van der Waals surface area contributed by atoms with Crippen LogP contribution in [0.5, 0.6) is 5.75 Å². The number of benzene rings is 3. The molecule has 5 aromatic rings. The lowest BCUT2D eigenvalue weighted by Gasteiger charge is -2.31. The van der Waals surface area contributed by atoms with Crippen molar-refractivity contribution in [1.82, 2.24) is 19.2 Å². The number of urea groups is 1. The van der Waals surface area contributed by atoms with Crippen LogP contribution < -0.4 is 10.1 Å². The van der Waals surface area contributed by atoms with Gasteiger partial charge in [0.05, 0.1) is 36.8 Å². The van der Waals surface area contributed by atoms with E-state index in [1.807, 2.05) is 115 Å². The number of hydrogen-bond acceptors (Lipinski definition) is 3. The van der Waals surface area contributed by atoms with Crippen molar-refractivity contribution in [2.24, 2.45) is 0 Å². The molecule has 0 fully saturated rings. The summed E-state index contributed by atoms with van der Waals surface area (Å²) in [4.78, 5) is 15.9. The Morgan fingerprint density at radius 3 is 2.47 bits per heavy atom. The molecule has 0 unspecified atom stereocenters. The molecule has 1 atom stereocenters. The van der Waals surface area contributed by atoms with Crippen molar-refractivity contribution < 1.29 is 9.53 Å². The van der Waals surface area contributed by atoms with E-state index in [4.69, 9.17) is 9.84 Å². The van der Waals surface area contributed by atoms with E-state index in [0.29, 0.717) is 6.54 Å². The number of nitrogens with one attached hydrogen (secondary N) is 1. The van der Waals surface area contributed by atoms with Gasteiger partial charge in [0.15, 0.2) is 0 Å². The van der Waals surface area contributed by atoms with E-state index < -0.39 is 0 Å². The van der Waals surface area contributed by atoms with Gasteiger partial charge in [-0.15, -0.1) is 0 Å². The minimum absolute atomic E-state index is 0.177. The van der Waals surface area contributed by atoms with Crippen LogP contribution >= 0.6 is 0 Å². The first-order valence-corrected chi connectivity index (χ1v) is 12.6. The number of hydrogen-bond donors (Lipinski definition) is 1. The third kappa shape index (κ3) is 4.12. The molecule has 2 amide bonds. The zero-order chi connectivity index (χ0) is 26.2. The first kappa shape index (κ1) is 23.6. The fourth-order valence-corrected chi connectivity index (χ4v) is 5.20. The maximum absolute atomic E-state index is 14.0. The van der Waals surface area contributed by atoms with Gasteiger partial charge in [0.25, 0.3) is 0 Å². The molecule has 3 heterocycles. The van der Waals surface area contributed by atoms with Gasteiger partial charge in [0, 0.05) is 17.4 Å². The monoisotopic (exact) mass is 503 g/mol. The lowest BCUT2D eigenvalue weighted by molar-refractivity contribution is 0.194. The molecule has 0 radical (unpaired) electrons. The van der Waals surface area contributed by atoms with Gasteiger partial charge in [-0.2, -0.15) is 5.10 Å². The third-order valence-corrected chi connectivity index (χ3v) is 7.05. The lowest BCUT2D eigenvalue weighted by Crippen LogP contribution is -2.38. The van der Waals surface area contributed by atoms with Crippen LogP contribution in [0.1, 0.15) is 34.1 Å². The molecule has 0 aliphatic carbocycles. The van der Waals surface area contributed by atoms with Crippen molar-refractivity contribution in [3.05, 3.63) is 125 Å². The fraction of sp³-hybridized carbons (Fsp3) is 0.161. The first-order valence-electron chi connectivity index (χ1n) is 12.6. The number of aromatic nitrogens is 3. The molecule has 1 aliphatic heterocycles. The smallest absolute Gasteiger partial charge is 0.322 e. The number of amides is 2. The minimum atomic E-state index is -0.336. The van der Waals surface area contributed by atoms with Crippen molar-refractivity contribution >= 4 is 11.7 Å². The normalized spacial score (nSPS) is 14.4. The largest absolute Gasteiger partial charge is 0.497 e. The summed E-state index contributed by atoms with van der Waals surface area (Å²) < 4.78 is 9.55. The third-order valence-electron chi connectivity index (χ3n) is 7.05. The SMILES string of the molecule is COc1ccc([C@@H]2c3cccn3-c3c(c(C)nn3-c3ccccc3)CN2C(=O)Nc2cccc(C)c2)cc1. The molecular formula is C31H29N5O2. The summed E-state index contributed by atoms with van der Waals surface area (Å²) in [6.45, 7) is 4.41. The number of anilines is 1. The number of methoxy groups -OCH3 is 1. The highest BCUT2D eigenvalue weighted by Crippen LogP contribution is 2.39. The van der Waals surface area contributed by atoms with E-state index in [9.17, 15) is 4.79 Å². The summed E-state index contributed by atoms with van der Waals surface area (Å²) in [5.74, 6) is 1.71. The number of nitrogens with zero attached hydrogens (tertiary/aromatic N) is 4. The highest BCUT2D eigenvalue weighted by molar-refractivity contribution is 5.90. The van der Waals surface area contributed by atoms with Gasteiger partial charge >= 0.3 is 6.03 Å². The molecule has 0 saturated carbocycles. The van der Waals surface area contributed by atoms with E-state index in [1.165, 1.54) is 0 Å². The van der Waals surface area contributed by atoms with Crippen LogP contribution in [-0.4, -0.2) is 32.4 Å². The summed E-state index contributed by atoms with van der Waals surface area (Å²) in [5, 5.41) is 8.05. The Bertz CT molecular complexity index is 1600. The fourth-order valence-electron chi connectivity index (χ4n) is 5.20. The number of fused-ring (bicyclic) bond motifs is 3. The molecule has 3 aromatic carbocycles. The standard InChI is InChI=1S/C31H29N5O2/c1-21-9-7-10-24(19-21)32-31(37)35-20-27-22(2)33-36(25-11-5-4-6-12-25)30(27)34-18-8-13-28(34)29(35)23-14-16-26(38-3)17-15-23/h4-19,29H,20H2,1-3H3,(H,32,37)/t29-/m1/s1. The van der Waals surface area contributed by atoms with Crippen molar-refractivity contribution in [3.63, 3.8) is 0 Å². The molecule has 0 spiro atoms. The zero-order valence-electron chi connectivity index (χ0n) is 21.6. The maximum atomic E-state index is 14.0. The molecule has 38 heavy (non-hydrogen) atoms. The van der Waals surface area contributed by atoms with Crippen LogP contribution in [0, 0.1) is 13.8 Å². The molecule has 1 aliphatic rings. The Labute approximate surface area is 221 Å². The van der Waals surface area contributed by atoms with E-state index in [2.05, 4.69) is 16.0 Å². The molecule has 2 aromatic heterocycles. The predicted molar refractivity (Wildman–Crippen MR) is 148 cm³/mol. The van der Waals surface area contributed by atoms with Crippen LogP contribution in [0.15, 0.2) is 97.2 Å². The molecule has 0 bridgehead atoms. The van der Waals surface area contributed by atoms with Gasteiger partial charge in [0.2, 0.25) is 0 Å². The first-order chi connectivity index (χ1) is 18.5. The topological polar surface area (TPSA) is 64.3 Å². The van der Waals surface area contributed by atoms with Crippen molar-refractivity contribution in [3.8, 4) is 17.3 Å². The Hall–Kier alpha value is -4.78. The summed E-state index contributed by atoms with van der Waals surface area (Å²) in [6, 6.07) is 29.5. The number of carbonyl (C=O) groups is 1. The van der Waals surface area contributed by atoms with Gasteiger partial charge in [-0.25, -0.2) is 9.48 Å². The number of aryl methyl sites for hydroxylation is 2. The van der Waals surface area contributed by atoms with Gasteiger partial charge in [-0.3, -0.25) is 0 Å². The molecule has 7 nitrogen and oxygen atoms in total. The van der Waals surface area contributed by atoms with Crippen molar-refractivity contribution in [1.29, 1.82) is 0 Å². The molecule has 1 N–H and O–H groups in total. The van der Waals surface area contributed by atoms with Crippen molar-refractivity contribution in [2.45, 2.75) is 26.4 Å². The second kappa shape index (κ2) is 9.59. The Balaban J connectivity index is 1.53. The second-order valence-electron chi connectivity index (χ2n) is 9.54. The highest BCUT2D eigenvalue weighted by Gasteiger charge is 2.36. The van der Waals surface area contributed by atoms with Gasteiger partial charge in [-0.1, -0.05) is 42.5 Å². The van der Waals surface area contributed by atoms with E-state index >= 15 is 0 Å². The number of para-hydroxylation sites is 1. The van der Waals surface area contributed by atoms with Crippen LogP contribution in [0.3, 0.4) is 0 Å². The molecule has 7 heteroatoms. The van der Waals surface area contributed by atoms with Crippen LogP contribution in [0.4, 0.5) is 10.5 Å². The zero-order valence-corrected chi connectivity index (χ0v) is 21.6. The van der Waals surface area contributed by atoms with Crippen molar-refractivity contribution in [2.75, 3.05) is 12.4 Å². The predicted octanol–water partition coefficient (Wildman–Crippen LogP) is 6.43. The Kier molecular flexibility index (Phi) is 5.96. The molecule has 190 valence electrons. The number of rotatable bonds is 4. The lowest BCUT2D eigenvalue weighted by atomic mass is 10.0. The van der Waals surface area contributed by atoms with Gasteiger partial charge < -0.3 is 19.5 Å². The quantitative estimate of drug-likeness (QED) is 0.308. The van der Waals surface area contributed by atoms with E-state index in [0.717, 1.165) is 51.0 Å². The van der Waals surface area contributed by atoms with Crippen LogP contribution in [0.25, 0.3) is 11.5 Å². The van der Waals surface area contributed by atoms with E-state index in [1.54, 1.807) is 7.11 Å². The van der Waals surface area contributed by atoms with Crippen LogP contribution in [-0.2, 0) is 6.54 Å². The highest BCUT2D eigenvalue weighted by atomic mass is 16.5. The maximum Gasteiger partial charge on any atom is 0.322 e. The molecular weight excluding hydrogens is 474 g/mol. The van der Waals surface area contributed by atoms with Crippen LogP contribution in [0.2, 0.25) is 0 Å². The molecule has 0 saturated heterocycles. The van der Waals surface area contributed by atoms with Gasteiger partial charge in [0.1, 0.15) is 11.6 Å². The summed E-state index contributed by atoms with van der Waals surface area (Å²) in [5.41, 5.74) is 6.67. The summed E-state index contributed by atoms with van der Waals surface area (Å²) in [7, 11) is 1.65. The summed E-state index contributed by atoms with van der Waals surface area (Å²) >= 11 is 0. The number of ether oxygens (including phenoxy) is 1. The summed E-state index contributed by atoms with van der Waals surface area (Å²) in [6.07, 6.45) is 2.05. The Morgan fingerprint density at radius 2 is 1.74 bits per heavy atom. The minimum Gasteiger partial charge on any atom is -0.497 e.